The standard InChI is InChI=1S/C14H22N2O5S/c1-4-7-15-22(19,20)11-5-6-13(12(8-11)14(17)18)16-10(2)9-21-3/h5-6,8,10,15-16H,4,7,9H2,1-3H3,(H,17,18). The number of nitrogens with one attached hydrogen (secondary N) is 2. The van der Waals surface area contributed by atoms with Crippen molar-refractivity contribution in [1.29, 1.82) is 0 Å². The second-order valence-corrected chi connectivity index (χ2v) is 6.68. The molecule has 0 aliphatic heterocycles. The number of hydrogen-bond acceptors (Lipinski definition) is 5. The molecule has 0 bridgehead atoms. The number of carbonyl (C=O) groups is 1. The first-order chi connectivity index (χ1) is 10.3. The molecule has 1 rings (SSSR count). The monoisotopic (exact) mass is 330 g/mol. The number of ether oxygens (including phenoxy) is 1. The number of anilines is 1. The predicted octanol–water partition coefficient (Wildman–Crippen LogP) is 1.52. The van der Waals surface area contributed by atoms with Gasteiger partial charge in [-0.2, -0.15) is 0 Å². The molecule has 0 aliphatic carbocycles. The molecule has 0 radical (unpaired) electrons. The number of carboxylic acids is 1. The van der Waals surface area contributed by atoms with E-state index in [4.69, 9.17) is 4.74 Å². The molecule has 124 valence electrons. The van der Waals surface area contributed by atoms with Crippen molar-refractivity contribution in [1.82, 2.24) is 4.72 Å². The molecule has 1 aromatic rings. The lowest BCUT2D eigenvalue weighted by Gasteiger charge is -2.17. The Balaban J connectivity index is 3.12. The Bertz CT molecular complexity index is 616. The highest BCUT2D eigenvalue weighted by atomic mass is 32.2. The molecule has 1 atom stereocenters. The summed E-state index contributed by atoms with van der Waals surface area (Å²) in [4.78, 5) is 11.3. The van der Waals surface area contributed by atoms with Gasteiger partial charge in [-0.3, -0.25) is 0 Å². The summed E-state index contributed by atoms with van der Waals surface area (Å²) in [6.07, 6.45) is 0.652. The lowest BCUT2D eigenvalue weighted by Crippen LogP contribution is -2.25. The van der Waals surface area contributed by atoms with Crippen LogP contribution in [0, 0.1) is 0 Å². The zero-order valence-electron chi connectivity index (χ0n) is 12.9. The van der Waals surface area contributed by atoms with Crippen molar-refractivity contribution >= 4 is 21.7 Å². The molecule has 7 nitrogen and oxygen atoms in total. The number of carboxylic acid groups (broad SMARTS) is 1. The van der Waals surface area contributed by atoms with Gasteiger partial charge in [0.05, 0.1) is 17.1 Å². The molecule has 8 heteroatoms. The Morgan fingerprint density at radius 3 is 2.64 bits per heavy atom. The number of aromatic carboxylic acids is 1. The Morgan fingerprint density at radius 1 is 1.41 bits per heavy atom. The maximum Gasteiger partial charge on any atom is 0.337 e. The summed E-state index contributed by atoms with van der Waals surface area (Å²) in [6, 6.07) is 3.88. The van der Waals surface area contributed by atoms with Crippen LogP contribution in [-0.2, 0) is 14.8 Å². The van der Waals surface area contributed by atoms with Crippen molar-refractivity contribution in [2.45, 2.75) is 31.2 Å². The molecule has 0 heterocycles. The predicted molar refractivity (Wildman–Crippen MR) is 83.8 cm³/mol. The molecular weight excluding hydrogens is 308 g/mol. The number of sulfonamides is 1. The molecule has 0 saturated carbocycles. The molecule has 22 heavy (non-hydrogen) atoms. The number of hydrogen-bond donors (Lipinski definition) is 3. The molecule has 0 saturated heterocycles. The maximum atomic E-state index is 12.1. The minimum Gasteiger partial charge on any atom is -0.478 e. The van der Waals surface area contributed by atoms with Gasteiger partial charge in [-0.15, -0.1) is 0 Å². The third-order valence-corrected chi connectivity index (χ3v) is 4.35. The topological polar surface area (TPSA) is 105 Å². The van der Waals surface area contributed by atoms with E-state index in [9.17, 15) is 18.3 Å². The molecule has 1 aromatic carbocycles. The van der Waals surface area contributed by atoms with E-state index < -0.39 is 16.0 Å². The minimum atomic E-state index is -3.70. The SMILES string of the molecule is CCCNS(=O)(=O)c1ccc(NC(C)COC)c(C(=O)O)c1. The van der Waals surface area contributed by atoms with Gasteiger partial charge in [0, 0.05) is 25.4 Å². The summed E-state index contributed by atoms with van der Waals surface area (Å²) in [5.74, 6) is -1.19. The molecular formula is C14H22N2O5S. The molecule has 0 aromatic heterocycles. The lowest BCUT2D eigenvalue weighted by molar-refractivity contribution is 0.0697. The van der Waals surface area contributed by atoms with Crippen molar-refractivity contribution in [3.63, 3.8) is 0 Å². The van der Waals surface area contributed by atoms with Crippen LogP contribution in [0.2, 0.25) is 0 Å². The van der Waals surface area contributed by atoms with Crippen molar-refractivity contribution in [3.8, 4) is 0 Å². The van der Waals surface area contributed by atoms with Crippen LogP contribution in [0.5, 0.6) is 0 Å². The molecule has 3 N–H and O–H groups in total. The zero-order valence-corrected chi connectivity index (χ0v) is 13.7. The van der Waals surface area contributed by atoms with E-state index >= 15 is 0 Å². The van der Waals surface area contributed by atoms with Gasteiger partial charge in [-0.05, 0) is 31.5 Å². The van der Waals surface area contributed by atoms with Crippen LogP contribution in [0.1, 0.15) is 30.6 Å². The van der Waals surface area contributed by atoms with Crippen LogP contribution in [-0.4, -0.2) is 45.8 Å². The summed E-state index contributed by atoms with van der Waals surface area (Å²) in [6.45, 7) is 4.38. The van der Waals surface area contributed by atoms with Crippen molar-refractivity contribution < 1.29 is 23.1 Å². The first-order valence-corrected chi connectivity index (χ1v) is 8.42. The highest BCUT2D eigenvalue weighted by molar-refractivity contribution is 7.89. The Kier molecular flexibility index (Phi) is 6.79. The number of benzene rings is 1. The lowest BCUT2D eigenvalue weighted by atomic mass is 10.1. The first-order valence-electron chi connectivity index (χ1n) is 6.94. The van der Waals surface area contributed by atoms with Crippen molar-refractivity contribution in [2.24, 2.45) is 0 Å². The Morgan fingerprint density at radius 2 is 2.09 bits per heavy atom. The fourth-order valence-corrected chi connectivity index (χ4v) is 3.03. The van der Waals surface area contributed by atoms with E-state index in [2.05, 4.69) is 10.0 Å². The molecule has 0 amide bonds. The fraction of sp³-hybridized carbons (Fsp3) is 0.500. The van der Waals surface area contributed by atoms with Gasteiger partial charge in [0.1, 0.15) is 0 Å². The fourth-order valence-electron chi connectivity index (χ4n) is 1.87. The van der Waals surface area contributed by atoms with E-state index in [0.717, 1.165) is 6.07 Å². The van der Waals surface area contributed by atoms with E-state index in [1.165, 1.54) is 12.1 Å². The highest BCUT2D eigenvalue weighted by Gasteiger charge is 2.19. The second-order valence-electron chi connectivity index (χ2n) is 4.91. The zero-order chi connectivity index (χ0) is 16.8. The second kappa shape index (κ2) is 8.11. The molecule has 0 fully saturated rings. The van der Waals surface area contributed by atoms with Crippen LogP contribution in [0.25, 0.3) is 0 Å². The van der Waals surface area contributed by atoms with Crippen LogP contribution in [0.3, 0.4) is 0 Å². The smallest absolute Gasteiger partial charge is 0.337 e. The Labute approximate surface area is 130 Å². The third kappa shape index (κ3) is 4.97. The van der Waals surface area contributed by atoms with Gasteiger partial charge in [0.25, 0.3) is 0 Å². The largest absolute Gasteiger partial charge is 0.478 e. The average molecular weight is 330 g/mol. The number of rotatable bonds is 9. The average Bonchev–Trinajstić information content (AvgIpc) is 2.45. The summed E-state index contributed by atoms with van der Waals surface area (Å²) in [5.41, 5.74) is 0.258. The van der Waals surface area contributed by atoms with Gasteiger partial charge in [-0.1, -0.05) is 6.92 Å². The minimum absolute atomic E-state index is 0.0664. The van der Waals surface area contributed by atoms with Crippen LogP contribution < -0.4 is 10.0 Å². The summed E-state index contributed by atoms with van der Waals surface area (Å²) in [7, 11) is -2.15. The summed E-state index contributed by atoms with van der Waals surface area (Å²) in [5, 5.41) is 12.3. The first kappa shape index (κ1) is 18.4. The van der Waals surface area contributed by atoms with Crippen LogP contribution in [0.4, 0.5) is 5.69 Å². The third-order valence-electron chi connectivity index (χ3n) is 2.89. The maximum absolute atomic E-state index is 12.1. The number of methoxy groups -OCH3 is 1. The summed E-state index contributed by atoms with van der Waals surface area (Å²) >= 11 is 0. The normalized spacial score (nSPS) is 12.9. The van der Waals surface area contributed by atoms with Gasteiger partial charge in [0.15, 0.2) is 0 Å². The van der Waals surface area contributed by atoms with E-state index in [-0.39, 0.29) is 16.5 Å². The van der Waals surface area contributed by atoms with E-state index in [1.54, 1.807) is 7.11 Å². The van der Waals surface area contributed by atoms with Gasteiger partial charge < -0.3 is 15.2 Å². The summed E-state index contributed by atoms with van der Waals surface area (Å²) < 4.78 is 31.5. The Hall–Kier alpha value is -1.64. The van der Waals surface area contributed by atoms with Crippen LogP contribution in [0.15, 0.2) is 23.1 Å². The quantitative estimate of drug-likeness (QED) is 0.634. The van der Waals surface area contributed by atoms with Crippen molar-refractivity contribution in [3.05, 3.63) is 23.8 Å². The van der Waals surface area contributed by atoms with Gasteiger partial charge in [-0.25, -0.2) is 17.9 Å². The highest BCUT2D eigenvalue weighted by Crippen LogP contribution is 2.21. The van der Waals surface area contributed by atoms with Gasteiger partial charge in [0.2, 0.25) is 10.0 Å². The molecule has 0 spiro atoms. The van der Waals surface area contributed by atoms with E-state index in [1.807, 2.05) is 13.8 Å². The molecule has 0 aliphatic rings. The van der Waals surface area contributed by atoms with Gasteiger partial charge >= 0.3 is 5.97 Å². The van der Waals surface area contributed by atoms with E-state index in [0.29, 0.717) is 25.3 Å². The van der Waals surface area contributed by atoms with Crippen molar-refractivity contribution in [2.75, 3.05) is 25.6 Å². The van der Waals surface area contributed by atoms with Crippen LogP contribution >= 0.6 is 0 Å². The molecule has 1 unspecified atom stereocenters.